The number of benzene rings is 2. The average Bonchev–Trinajstić information content (AvgIpc) is 2.61. The molecule has 2 rings (SSSR count). The number of thioether (sulfide) groups is 1. The van der Waals surface area contributed by atoms with Crippen LogP contribution < -0.4 is 10.6 Å². The third-order valence-electron chi connectivity index (χ3n) is 3.72. The van der Waals surface area contributed by atoms with Crippen LogP contribution in [-0.4, -0.2) is 35.8 Å². The van der Waals surface area contributed by atoms with Crippen molar-refractivity contribution in [1.29, 1.82) is 0 Å². The number of urea groups is 1. The summed E-state index contributed by atoms with van der Waals surface area (Å²) in [6.45, 7) is 0.0618. The van der Waals surface area contributed by atoms with Crippen LogP contribution in [0.2, 0.25) is 0 Å². The van der Waals surface area contributed by atoms with Gasteiger partial charge in [-0.2, -0.15) is 11.8 Å². The maximum atomic E-state index is 12.4. The van der Waals surface area contributed by atoms with Crippen molar-refractivity contribution < 1.29 is 9.90 Å². The molecular weight excluding hydrogens is 320 g/mol. The van der Waals surface area contributed by atoms with Crippen LogP contribution in [0.1, 0.15) is 23.6 Å². The van der Waals surface area contributed by atoms with Gasteiger partial charge in [0, 0.05) is 18.4 Å². The standard InChI is InChI=1S/C19H24N2O2S/c1-24-14-17(12-13-22)20-19(23)21-18(15-8-4-2-5-9-15)16-10-6-3-7-11-16/h2-11,17-18,22H,12-14H2,1H3,(H2,20,21,23). The summed E-state index contributed by atoms with van der Waals surface area (Å²) in [5.41, 5.74) is 2.06. The van der Waals surface area contributed by atoms with E-state index in [4.69, 9.17) is 5.11 Å². The first-order valence-corrected chi connectivity index (χ1v) is 9.40. The maximum Gasteiger partial charge on any atom is 0.315 e. The van der Waals surface area contributed by atoms with Crippen molar-refractivity contribution in [3.63, 3.8) is 0 Å². The summed E-state index contributed by atoms with van der Waals surface area (Å²) in [5, 5.41) is 15.1. The Labute approximate surface area is 147 Å². The van der Waals surface area contributed by atoms with E-state index in [0.717, 1.165) is 16.9 Å². The van der Waals surface area contributed by atoms with E-state index in [2.05, 4.69) is 10.6 Å². The fourth-order valence-electron chi connectivity index (χ4n) is 2.56. The number of aliphatic hydroxyl groups excluding tert-OH is 1. The van der Waals surface area contributed by atoms with Crippen LogP contribution in [0.5, 0.6) is 0 Å². The van der Waals surface area contributed by atoms with Crippen molar-refractivity contribution in [2.75, 3.05) is 18.6 Å². The molecule has 0 radical (unpaired) electrons. The lowest BCUT2D eigenvalue weighted by atomic mass is 9.99. The normalized spacial score (nSPS) is 12.0. The number of amides is 2. The van der Waals surface area contributed by atoms with Crippen molar-refractivity contribution >= 4 is 17.8 Å². The molecule has 0 saturated heterocycles. The molecule has 5 heteroatoms. The highest BCUT2D eigenvalue weighted by molar-refractivity contribution is 7.98. The largest absolute Gasteiger partial charge is 0.396 e. The molecule has 0 spiro atoms. The summed E-state index contributed by atoms with van der Waals surface area (Å²) < 4.78 is 0. The highest BCUT2D eigenvalue weighted by Crippen LogP contribution is 2.21. The number of hydrogen-bond donors (Lipinski definition) is 3. The Hall–Kier alpha value is -1.98. The van der Waals surface area contributed by atoms with Crippen LogP contribution in [0.4, 0.5) is 4.79 Å². The molecular formula is C19H24N2O2S. The van der Waals surface area contributed by atoms with Gasteiger partial charge in [-0.25, -0.2) is 4.79 Å². The number of rotatable bonds is 8. The fraction of sp³-hybridized carbons (Fsp3) is 0.316. The highest BCUT2D eigenvalue weighted by Gasteiger charge is 2.18. The topological polar surface area (TPSA) is 61.4 Å². The van der Waals surface area contributed by atoms with Crippen LogP contribution in [0, 0.1) is 0 Å². The van der Waals surface area contributed by atoms with Crippen molar-refractivity contribution in [3.05, 3.63) is 71.8 Å². The van der Waals surface area contributed by atoms with Gasteiger partial charge in [-0.15, -0.1) is 0 Å². The molecule has 0 saturated carbocycles. The molecule has 0 aromatic heterocycles. The molecule has 24 heavy (non-hydrogen) atoms. The van der Waals surface area contributed by atoms with Crippen molar-refractivity contribution in [3.8, 4) is 0 Å². The van der Waals surface area contributed by atoms with E-state index in [-0.39, 0.29) is 24.7 Å². The zero-order valence-electron chi connectivity index (χ0n) is 13.8. The summed E-state index contributed by atoms with van der Waals surface area (Å²) >= 11 is 1.65. The molecule has 128 valence electrons. The maximum absolute atomic E-state index is 12.4. The number of hydrogen-bond acceptors (Lipinski definition) is 3. The van der Waals surface area contributed by atoms with Crippen LogP contribution in [-0.2, 0) is 0 Å². The van der Waals surface area contributed by atoms with Crippen LogP contribution >= 0.6 is 11.8 Å². The zero-order chi connectivity index (χ0) is 17.2. The molecule has 0 aliphatic heterocycles. The van der Waals surface area contributed by atoms with Crippen LogP contribution in [0.15, 0.2) is 60.7 Å². The Bertz CT molecular complexity index is 562. The molecule has 4 nitrogen and oxygen atoms in total. The lowest BCUT2D eigenvalue weighted by Crippen LogP contribution is -2.45. The molecule has 1 unspecified atom stereocenters. The molecule has 3 N–H and O–H groups in total. The van der Waals surface area contributed by atoms with E-state index in [1.807, 2.05) is 66.9 Å². The summed E-state index contributed by atoms with van der Waals surface area (Å²) in [5.74, 6) is 0.773. The third-order valence-corrected chi connectivity index (χ3v) is 4.46. The Morgan fingerprint density at radius 2 is 1.54 bits per heavy atom. The Kier molecular flexibility index (Phi) is 7.65. The molecule has 0 bridgehead atoms. The fourth-order valence-corrected chi connectivity index (χ4v) is 3.21. The number of carbonyl (C=O) groups excluding carboxylic acids is 1. The van der Waals surface area contributed by atoms with E-state index < -0.39 is 0 Å². The minimum Gasteiger partial charge on any atom is -0.396 e. The van der Waals surface area contributed by atoms with Crippen molar-refractivity contribution in [2.45, 2.75) is 18.5 Å². The summed E-state index contributed by atoms with van der Waals surface area (Å²) in [6, 6.07) is 19.3. The quantitative estimate of drug-likeness (QED) is 0.689. The van der Waals surface area contributed by atoms with Crippen LogP contribution in [0.3, 0.4) is 0 Å². The van der Waals surface area contributed by atoms with E-state index in [0.29, 0.717) is 6.42 Å². The van der Waals surface area contributed by atoms with Gasteiger partial charge in [0.1, 0.15) is 0 Å². The zero-order valence-corrected chi connectivity index (χ0v) is 14.6. The van der Waals surface area contributed by atoms with Gasteiger partial charge in [0.25, 0.3) is 0 Å². The minimum atomic E-state index is -0.222. The van der Waals surface area contributed by atoms with E-state index in [9.17, 15) is 4.79 Å². The van der Waals surface area contributed by atoms with Gasteiger partial charge in [0.2, 0.25) is 0 Å². The van der Waals surface area contributed by atoms with Gasteiger partial charge in [-0.05, 0) is 23.8 Å². The van der Waals surface area contributed by atoms with Crippen molar-refractivity contribution in [2.24, 2.45) is 0 Å². The predicted molar refractivity (Wildman–Crippen MR) is 100 cm³/mol. The first kappa shape index (κ1) is 18.4. The molecule has 0 fully saturated rings. The van der Waals surface area contributed by atoms with E-state index >= 15 is 0 Å². The van der Waals surface area contributed by atoms with Gasteiger partial charge >= 0.3 is 6.03 Å². The van der Waals surface area contributed by atoms with Gasteiger partial charge < -0.3 is 15.7 Å². The summed E-state index contributed by atoms with van der Waals surface area (Å²) in [6.07, 6.45) is 2.54. The lowest BCUT2D eigenvalue weighted by molar-refractivity contribution is 0.229. The third kappa shape index (κ3) is 5.58. The smallest absolute Gasteiger partial charge is 0.315 e. The average molecular weight is 344 g/mol. The van der Waals surface area contributed by atoms with Crippen molar-refractivity contribution in [1.82, 2.24) is 10.6 Å². The predicted octanol–water partition coefficient (Wildman–Crippen LogP) is 3.19. The van der Waals surface area contributed by atoms with E-state index in [1.165, 1.54) is 0 Å². The molecule has 2 aromatic carbocycles. The van der Waals surface area contributed by atoms with Crippen LogP contribution in [0.25, 0.3) is 0 Å². The van der Waals surface area contributed by atoms with Gasteiger partial charge in [-0.1, -0.05) is 60.7 Å². The number of carbonyl (C=O) groups is 1. The highest BCUT2D eigenvalue weighted by atomic mass is 32.2. The second kappa shape index (κ2) is 10.0. The SMILES string of the molecule is CSCC(CCO)NC(=O)NC(c1ccccc1)c1ccccc1. The molecule has 0 aliphatic rings. The van der Waals surface area contributed by atoms with E-state index in [1.54, 1.807) is 11.8 Å². The first-order valence-electron chi connectivity index (χ1n) is 8.01. The molecule has 1 atom stereocenters. The number of nitrogens with one attached hydrogen (secondary N) is 2. The van der Waals surface area contributed by atoms with Gasteiger partial charge in [0.15, 0.2) is 0 Å². The monoisotopic (exact) mass is 344 g/mol. The second-order valence-electron chi connectivity index (χ2n) is 5.54. The Morgan fingerprint density at radius 3 is 2.00 bits per heavy atom. The Balaban J connectivity index is 2.12. The molecule has 2 aromatic rings. The minimum absolute atomic E-state index is 0.0443. The summed E-state index contributed by atoms with van der Waals surface area (Å²) in [4.78, 5) is 12.4. The molecule has 0 heterocycles. The molecule has 0 aliphatic carbocycles. The lowest BCUT2D eigenvalue weighted by Gasteiger charge is -2.23. The Morgan fingerprint density at radius 1 is 1.00 bits per heavy atom. The number of aliphatic hydroxyl groups is 1. The second-order valence-corrected chi connectivity index (χ2v) is 6.45. The summed E-state index contributed by atoms with van der Waals surface area (Å²) in [7, 11) is 0. The first-order chi connectivity index (χ1) is 11.7. The van der Waals surface area contributed by atoms with Gasteiger partial charge in [0.05, 0.1) is 6.04 Å². The van der Waals surface area contributed by atoms with Gasteiger partial charge in [-0.3, -0.25) is 0 Å². The molecule has 2 amide bonds.